The Morgan fingerprint density at radius 3 is 2.39 bits per heavy atom. The first kappa shape index (κ1) is 22.1. The molecule has 0 spiro atoms. The number of aryl methyl sites for hydroxylation is 1. The van der Waals surface area contributed by atoms with Gasteiger partial charge in [0.2, 0.25) is 0 Å². The van der Waals surface area contributed by atoms with Crippen LogP contribution in [0.1, 0.15) is 23.6 Å². The molecule has 3 aromatic carbocycles. The van der Waals surface area contributed by atoms with Crippen molar-refractivity contribution in [2.75, 3.05) is 5.32 Å². The summed E-state index contributed by atoms with van der Waals surface area (Å²) >= 11 is 5.87. The first-order chi connectivity index (χ1) is 15.0. The van der Waals surface area contributed by atoms with Crippen LogP contribution >= 0.6 is 11.6 Å². The summed E-state index contributed by atoms with van der Waals surface area (Å²) in [5.74, 6) is -0.917. The molecule has 0 saturated heterocycles. The van der Waals surface area contributed by atoms with Crippen molar-refractivity contribution in [1.82, 2.24) is 5.43 Å². The molecule has 7 heteroatoms. The van der Waals surface area contributed by atoms with E-state index in [1.807, 2.05) is 43.3 Å². The molecule has 0 unspecified atom stereocenters. The molecule has 0 aliphatic rings. The zero-order valence-corrected chi connectivity index (χ0v) is 17.7. The van der Waals surface area contributed by atoms with E-state index < -0.39 is 11.8 Å². The van der Waals surface area contributed by atoms with Crippen LogP contribution in [0.25, 0.3) is 0 Å². The second-order valence-corrected chi connectivity index (χ2v) is 7.08. The van der Waals surface area contributed by atoms with Crippen molar-refractivity contribution >= 4 is 35.3 Å². The van der Waals surface area contributed by atoms with Crippen molar-refractivity contribution in [3.05, 3.63) is 94.5 Å². The van der Waals surface area contributed by atoms with Crippen LogP contribution in [0.4, 0.5) is 5.69 Å². The average Bonchev–Trinajstić information content (AvgIpc) is 2.80. The second kappa shape index (κ2) is 10.9. The molecule has 31 heavy (non-hydrogen) atoms. The summed E-state index contributed by atoms with van der Waals surface area (Å²) in [5.41, 5.74) is 5.55. The van der Waals surface area contributed by atoms with Crippen molar-refractivity contribution in [2.24, 2.45) is 5.10 Å². The van der Waals surface area contributed by atoms with E-state index in [9.17, 15) is 9.59 Å². The molecule has 2 amide bonds. The maximum atomic E-state index is 12.1. The first-order valence-corrected chi connectivity index (χ1v) is 10.1. The first-order valence-electron chi connectivity index (χ1n) is 9.74. The van der Waals surface area contributed by atoms with E-state index >= 15 is 0 Å². The SMILES string of the molecule is CCc1ccccc1NC(=O)C(=O)N/N=C/c1ccc(OCc2ccc(Cl)cc2)cc1. The quantitative estimate of drug-likeness (QED) is 0.324. The van der Waals surface area contributed by atoms with Gasteiger partial charge >= 0.3 is 11.8 Å². The summed E-state index contributed by atoms with van der Waals surface area (Å²) in [7, 11) is 0. The van der Waals surface area contributed by atoms with Crippen LogP contribution in [0.2, 0.25) is 5.02 Å². The van der Waals surface area contributed by atoms with Gasteiger partial charge in [-0.05, 0) is 65.6 Å². The minimum absolute atomic E-state index is 0.428. The van der Waals surface area contributed by atoms with E-state index in [4.69, 9.17) is 16.3 Å². The number of amides is 2. The third-order valence-electron chi connectivity index (χ3n) is 4.43. The highest BCUT2D eigenvalue weighted by atomic mass is 35.5. The number of halogens is 1. The Balaban J connectivity index is 1.48. The molecule has 3 aromatic rings. The number of nitrogens with zero attached hydrogens (tertiary/aromatic N) is 1. The van der Waals surface area contributed by atoms with Crippen LogP contribution in [0.5, 0.6) is 5.75 Å². The van der Waals surface area contributed by atoms with Crippen molar-refractivity contribution in [2.45, 2.75) is 20.0 Å². The molecule has 0 radical (unpaired) electrons. The van der Waals surface area contributed by atoms with Crippen LogP contribution in [0.15, 0.2) is 77.9 Å². The monoisotopic (exact) mass is 435 g/mol. The lowest BCUT2D eigenvalue weighted by Crippen LogP contribution is -2.32. The third-order valence-corrected chi connectivity index (χ3v) is 4.68. The summed E-state index contributed by atoms with van der Waals surface area (Å²) < 4.78 is 5.73. The standard InChI is InChI=1S/C24H22ClN3O3/c1-2-19-5-3-4-6-22(19)27-23(29)24(30)28-26-15-17-9-13-21(14-10-17)31-16-18-7-11-20(25)12-8-18/h3-15H,2,16H2,1H3,(H,27,29)(H,28,30)/b26-15+. The lowest BCUT2D eigenvalue weighted by molar-refractivity contribution is -0.136. The van der Waals surface area contributed by atoms with Gasteiger partial charge in [0, 0.05) is 10.7 Å². The third kappa shape index (κ3) is 6.69. The van der Waals surface area contributed by atoms with Gasteiger partial charge in [0.1, 0.15) is 12.4 Å². The molecule has 0 atom stereocenters. The zero-order chi connectivity index (χ0) is 22.1. The molecule has 0 fully saturated rings. The van der Waals surface area contributed by atoms with Gasteiger partial charge in [-0.3, -0.25) is 9.59 Å². The molecule has 3 rings (SSSR count). The maximum Gasteiger partial charge on any atom is 0.329 e. The van der Waals surface area contributed by atoms with Crippen LogP contribution in [0.3, 0.4) is 0 Å². The van der Waals surface area contributed by atoms with Crippen molar-refractivity contribution in [3.8, 4) is 5.75 Å². The summed E-state index contributed by atoms with van der Waals surface area (Å²) in [6.45, 7) is 2.40. The van der Waals surface area contributed by atoms with E-state index in [1.54, 1.807) is 36.4 Å². The number of anilines is 1. The van der Waals surface area contributed by atoms with Crippen LogP contribution in [-0.2, 0) is 22.6 Å². The molecule has 0 heterocycles. The Bertz CT molecular complexity index is 1060. The number of carbonyl (C=O) groups is 2. The van der Waals surface area contributed by atoms with Gasteiger partial charge < -0.3 is 10.1 Å². The number of para-hydroxylation sites is 1. The van der Waals surface area contributed by atoms with Crippen molar-refractivity contribution in [1.29, 1.82) is 0 Å². The zero-order valence-electron chi connectivity index (χ0n) is 17.0. The summed E-state index contributed by atoms with van der Waals surface area (Å²) in [6, 6.07) is 22.0. The van der Waals surface area contributed by atoms with Crippen LogP contribution in [0, 0.1) is 0 Å². The predicted molar refractivity (Wildman–Crippen MR) is 122 cm³/mol. The van der Waals surface area contributed by atoms with Gasteiger partial charge in [0.15, 0.2) is 0 Å². The smallest absolute Gasteiger partial charge is 0.329 e. The van der Waals surface area contributed by atoms with E-state index in [0.29, 0.717) is 23.1 Å². The normalized spacial score (nSPS) is 10.6. The number of benzene rings is 3. The van der Waals surface area contributed by atoms with Gasteiger partial charge in [-0.1, -0.05) is 48.9 Å². The summed E-state index contributed by atoms with van der Waals surface area (Å²) in [6.07, 6.45) is 2.20. The Hall–Kier alpha value is -3.64. The molecule has 0 aliphatic carbocycles. The second-order valence-electron chi connectivity index (χ2n) is 6.65. The number of nitrogens with one attached hydrogen (secondary N) is 2. The Kier molecular flexibility index (Phi) is 7.79. The minimum Gasteiger partial charge on any atom is -0.489 e. The van der Waals surface area contributed by atoms with Crippen LogP contribution in [-0.4, -0.2) is 18.0 Å². The van der Waals surface area contributed by atoms with Gasteiger partial charge in [0.05, 0.1) is 6.21 Å². The van der Waals surface area contributed by atoms with E-state index in [0.717, 1.165) is 23.1 Å². The summed E-state index contributed by atoms with van der Waals surface area (Å²) in [4.78, 5) is 24.0. The number of carbonyl (C=O) groups excluding carboxylic acids is 2. The highest BCUT2D eigenvalue weighted by molar-refractivity contribution is 6.39. The van der Waals surface area contributed by atoms with Crippen molar-refractivity contribution in [3.63, 3.8) is 0 Å². The minimum atomic E-state index is -0.843. The van der Waals surface area contributed by atoms with E-state index in [-0.39, 0.29) is 0 Å². The number of rotatable bonds is 7. The molecule has 6 nitrogen and oxygen atoms in total. The Morgan fingerprint density at radius 1 is 0.968 bits per heavy atom. The molecular formula is C24H22ClN3O3. The highest BCUT2D eigenvalue weighted by Crippen LogP contribution is 2.16. The fourth-order valence-electron chi connectivity index (χ4n) is 2.74. The topological polar surface area (TPSA) is 79.8 Å². The Labute approximate surface area is 185 Å². The molecule has 0 bridgehead atoms. The number of hydrogen-bond donors (Lipinski definition) is 2. The number of hydrazone groups is 1. The van der Waals surface area contributed by atoms with Crippen molar-refractivity contribution < 1.29 is 14.3 Å². The van der Waals surface area contributed by atoms with E-state index in [2.05, 4.69) is 15.8 Å². The number of ether oxygens (including phenoxy) is 1. The molecule has 0 aliphatic heterocycles. The molecule has 0 saturated carbocycles. The average molecular weight is 436 g/mol. The number of hydrogen-bond acceptors (Lipinski definition) is 4. The lowest BCUT2D eigenvalue weighted by Gasteiger charge is -2.08. The Morgan fingerprint density at radius 2 is 1.68 bits per heavy atom. The van der Waals surface area contributed by atoms with Gasteiger partial charge in [-0.15, -0.1) is 0 Å². The van der Waals surface area contributed by atoms with E-state index in [1.165, 1.54) is 6.21 Å². The molecule has 158 valence electrons. The van der Waals surface area contributed by atoms with Gasteiger partial charge in [-0.2, -0.15) is 5.10 Å². The predicted octanol–water partition coefficient (Wildman–Crippen LogP) is 4.57. The van der Waals surface area contributed by atoms with Gasteiger partial charge in [0.25, 0.3) is 0 Å². The highest BCUT2D eigenvalue weighted by Gasteiger charge is 2.14. The maximum absolute atomic E-state index is 12.1. The fraction of sp³-hybridized carbons (Fsp3) is 0.125. The molecular weight excluding hydrogens is 414 g/mol. The largest absolute Gasteiger partial charge is 0.489 e. The molecule has 0 aromatic heterocycles. The molecule has 2 N–H and O–H groups in total. The van der Waals surface area contributed by atoms with Gasteiger partial charge in [-0.25, -0.2) is 5.43 Å². The van der Waals surface area contributed by atoms with Crippen LogP contribution < -0.4 is 15.5 Å². The summed E-state index contributed by atoms with van der Waals surface area (Å²) in [5, 5.41) is 7.12. The lowest BCUT2D eigenvalue weighted by atomic mass is 10.1. The fourth-order valence-corrected chi connectivity index (χ4v) is 2.87.